The highest BCUT2D eigenvalue weighted by Crippen LogP contribution is 2.29. The first-order valence-corrected chi connectivity index (χ1v) is 7.41. The molecule has 8 nitrogen and oxygen atoms in total. The van der Waals surface area contributed by atoms with Crippen molar-refractivity contribution in [3.05, 3.63) is 23.5 Å². The molecule has 2 aliphatic rings. The fraction of sp³-hybridized carbons (Fsp3) is 0.667. The molecule has 8 heteroatoms. The minimum Gasteiger partial charge on any atom is -0.461 e. The van der Waals surface area contributed by atoms with Crippen molar-refractivity contribution in [1.82, 2.24) is 0 Å². The van der Waals surface area contributed by atoms with Gasteiger partial charge in [-0.2, -0.15) is 0 Å². The van der Waals surface area contributed by atoms with Crippen molar-refractivity contribution in [2.24, 2.45) is 5.92 Å². The monoisotopic (exact) mass is 330 g/mol. The van der Waals surface area contributed by atoms with Crippen LogP contribution in [0.1, 0.15) is 13.8 Å². The van der Waals surface area contributed by atoms with Gasteiger partial charge in [-0.05, 0) is 19.9 Å². The first-order valence-electron chi connectivity index (χ1n) is 7.41. The van der Waals surface area contributed by atoms with Gasteiger partial charge in [0.05, 0.1) is 24.2 Å². The Morgan fingerprint density at radius 2 is 2.00 bits per heavy atom. The van der Waals surface area contributed by atoms with Crippen molar-refractivity contribution < 1.29 is 39.4 Å². The summed E-state index contributed by atoms with van der Waals surface area (Å²) in [6, 6.07) is 0. The molecule has 0 aromatic heterocycles. The summed E-state index contributed by atoms with van der Waals surface area (Å²) >= 11 is 0. The summed E-state index contributed by atoms with van der Waals surface area (Å²) in [5.41, 5.74) is 0.148. The van der Waals surface area contributed by atoms with Crippen LogP contribution >= 0.6 is 0 Å². The third-order valence-corrected chi connectivity index (χ3v) is 3.90. The van der Waals surface area contributed by atoms with Crippen LogP contribution in [0.25, 0.3) is 0 Å². The minimum atomic E-state index is -1.49. The quantitative estimate of drug-likeness (QED) is 0.288. The third-order valence-electron chi connectivity index (χ3n) is 3.90. The van der Waals surface area contributed by atoms with Crippen LogP contribution in [0.15, 0.2) is 23.5 Å². The summed E-state index contributed by atoms with van der Waals surface area (Å²) in [5.74, 6) is -1.06. The van der Waals surface area contributed by atoms with E-state index in [1.54, 1.807) is 13.0 Å². The van der Waals surface area contributed by atoms with Gasteiger partial charge >= 0.3 is 5.97 Å². The maximum Gasteiger partial charge on any atom is 0.338 e. The molecule has 2 rings (SSSR count). The summed E-state index contributed by atoms with van der Waals surface area (Å²) in [5, 5.41) is 38.9. The molecule has 2 saturated heterocycles. The molecule has 0 radical (unpaired) electrons. The van der Waals surface area contributed by atoms with E-state index in [-0.39, 0.29) is 24.5 Å². The molecule has 2 fully saturated rings. The fourth-order valence-electron chi connectivity index (χ4n) is 2.53. The summed E-state index contributed by atoms with van der Waals surface area (Å²) in [6.07, 6.45) is -3.11. The summed E-state index contributed by atoms with van der Waals surface area (Å²) in [7, 11) is 0. The number of cyclic esters (lactones) is 1. The van der Waals surface area contributed by atoms with Gasteiger partial charge < -0.3 is 34.6 Å². The molecule has 1 unspecified atom stereocenters. The van der Waals surface area contributed by atoms with Crippen LogP contribution in [-0.2, 0) is 19.0 Å². The molecular formula is C15H22O8. The normalized spacial score (nSPS) is 40.3. The van der Waals surface area contributed by atoms with E-state index >= 15 is 0 Å². The number of carbonyl (C=O) groups excluding carboxylic acids is 1. The second-order valence-electron chi connectivity index (χ2n) is 5.56. The second-order valence-corrected chi connectivity index (χ2v) is 5.56. The predicted molar refractivity (Wildman–Crippen MR) is 76.8 cm³/mol. The van der Waals surface area contributed by atoms with E-state index in [4.69, 9.17) is 14.2 Å². The Morgan fingerprint density at radius 3 is 2.61 bits per heavy atom. The highest BCUT2D eigenvalue weighted by molar-refractivity contribution is 5.92. The first-order chi connectivity index (χ1) is 10.9. The molecule has 0 saturated carbocycles. The number of ether oxygens (including phenoxy) is 3. The van der Waals surface area contributed by atoms with Crippen LogP contribution in [0, 0.1) is 5.92 Å². The Balaban J connectivity index is 2.28. The Morgan fingerprint density at radius 1 is 1.30 bits per heavy atom. The van der Waals surface area contributed by atoms with Crippen molar-refractivity contribution >= 4 is 5.97 Å². The van der Waals surface area contributed by atoms with Gasteiger partial charge in [-0.1, -0.05) is 6.08 Å². The Bertz CT molecular complexity index is 500. The molecule has 2 heterocycles. The van der Waals surface area contributed by atoms with E-state index in [2.05, 4.69) is 0 Å². The zero-order chi connectivity index (χ0) is 17.1. The van der Waals surface area contributed by atoms with Gasteiger partial charge in [0.25, 0.3) is 0 Å². The Kier molecular flexibility index (Phi) is 5.77. The van der Waals surface area contributed by atoms with Gasteiger partial charge in [-0.15, -0.1) is 0 Å². The van der Waals surface area contributed by atoms with E-state index in [1.807, 2.05) is 0 Å². The molecule has 0 aromatic rings. The number of aliphatic hydroxyl groups excluding tert-OH is 4. The molecule has 0 aromatic carbocycles. The maximum absolute atomic E-state index is 11.9. The van der Waals surface area contributed by atoms with Gasteiger partial charge in [0.15, 0.2) is 0 Å². The van der Waals surface area contributed by atoms with Crippen molar-refractivity contribution in [2.45, 2.75) is 44.6 Å². The Labute approximate surface area is 133 Å². The van der Waals surface area contributed by atoms with Crippen molar-refractivity contribution in [2.75, 3.05) is 13.2 Å². The van der Waals surface area contributed by atoms with Crippen LogP contribution in [0.3, 0.4) is 0 Å². The van der Waals surface area contributed by atoms with Crippen LogP contribution in [-0.4, -0.2) is 70.3 Å². The maximum atomic E-state index is 11.9. The highest BCUT2D eigenvalue weighted by Gasteiger charge is 2.44. The van der Waals surface area contributed by atoms with Crippen LogP contribution in [0.2, 0.25) is 0 Å². The van der Waals surface area contributed by atoms with Gasteiger partial charge in [0, 0.05) is 0 Å². The van der Waals surface area contributed by atoms with Crippen molar-refractivity contribution in [3.63, 3.8) is 0 Å². The van der Waals surface area contributed by atoms with E-state index in [9.17, 15) is 25.2 Å². The molecule has 0 aliphatic carbocycles. The van der Waals surface area contributed by atoms with E-state index < -0.39 is 42.6 Å². The third kappa shape index (κ3) is 3.56. The molecule has 0 spiro atoms. The van der Waals surface area contributed by atoms with E-state index in [0.29, 0.717) is 0 Å². The van der Waals surface area contributed by atoms with Crippen LogP contribution < -0.4 is 0 Å². The molecule has 2 aliphatic heterocycles. The topological polar surface area (TPSA) is 126 Å². The Hall–Kier alpha value is -1.45. The largest absolute Gasteiger partial charge is 0.461 e. The number of rotatable bonds is 4. The molecule has 4 N–H and O–H groups in total. The number of esters is 1. The number of carbonyl (C=O) groups is 1. The molecule has 23 heavy (non-hydrogen) atoms. The summed E-state index contributed by atoms with van der Waals surface area (Å²) < 4.78 is 15.8. The second kappa shape index (κ2) is 7.41. The first kappa shape index (κ1) is 17.9. The zero-order valence-corrected chi connectivity index (χ0v) is 13.0. The lowest BCUT2D eigenvalue weighted by atomic mass is 9.99. The minimum absolute atomic E-state index is 0.0426. The average molecular weight is 330 g/mol. The smallest absolute Gasteiger partial charge is 0.338 e. The number of hydrogen-bond donors (Lipinski definition) is 4. The van der Waals surface area contributed by atoms with Crippen molar-refractivity contribution in [3.8, 4) is 0 Å². The van der Waals surface area contributed by atoms with Crippen LogP contribution in [0.5, 0.6) is 0 Å². The highest BCUT2D eigenvalue weighted by atomic mass is 16.7. The van der Waals surface area contributed by atoms with Gasteiger partial charge in [-0.25, -0.2) is 4.79 Å². The number of aliphatic hydroxyl groups is 4. The number of allylic oxidation sites excluding steroid dienone is 2. The lowest BCUT2D eigenvalue weighted by Crippen LogP contribution is -2.57. The standard InChI is InChI=1S/C15H22O8/c1-3-4-9(10-8(5-16)6-21-14(10)20)23-15-13(19)12(18)11(17)7(2)22-15/h3-4,7-8,11-13,15-19H,5-6H2,1-2H3/b4-3+,10-9+/t7-,8?,11-,12+,13+,15-/m0/s1. The lowest BCUT2D eigenvalue weighted by molar-refractivity contribution is -0.282. The summed E-state index contributed by atoms with van der Waals surface area (Å²) in [4.78, 5) is 11.9. The average Bonchev–Trinajstić information content (AvgIpc) is 2.90. The van der Waals surface area contributed by atoms with Gasteiger partial charge in [0.2, 0.25) is 6.29 Å². The molecule has 0 amide bonds. The SMILES string of the molecule is C/C=C/C(O[C@@H]1O[C@@H](C)[C@H](O)[C@@H](O)[C@H]1O)=C1\C(=O)OCC1CO. The fourth-order valence-corrected chi connectivity index (χ4v) is 2.53. The predicted octanol–water partition coefficient (Wildman–Crippen LogP) is -1.17. The number of hydrogen-bond acceptors (Lipinski definition) is 8. The lowest BCUT2D eigenvalue weighted by Gasteiger charge is -2.39. The molecule has 0 bridgehead atoms. The molecular weight excluding hydrogens is 308 g/mol. The van der Waals surface area contributed by atoms with E-state index in [1.165, 1.54) is 13.0 Å². The molecule has 6 atom stereocenters. The molecule has 130 valence electrons. The van der Waals surface area contributed by atoms with Gasteiger partial charge in [0.1, 0.15) is 30.7 Å². The van der Waals surface area contributed by atoms with E-state index in [0.717, 1.165) is 0 Å². The zero-order valence-electron chi connectivity index (χ0n) is 13.0. The van der Waals surface area contributed by atoms with Crippen molar-refractivity contribution in [1.29, 1.82) is 0 Å². The van der Waals surface area contributed by atoms with Crippen LogP contribution in [0.4, 0.5) is 0 Å². The van der Waals surface area contributed by atoms with Gasteiger partial charge in [-0.3, -0.25) is 0 Å². The summed E-state index contributed by atoms with van der Waals surface area (Å²) in [6.45, 7) is 2.98.